The van der Waals surface area contributed by atoms with Gasteiger partial charge in [0.05, 0.1) is 30.1 Å². The molecule has 0 atom stereocenters. The quantitative estimate of drug-likeness (QED) is 0.273. The Bertz CT molecular complexity index is 1040. The van der Waals surface area contributed by atoms with E-state index in [1.54, 1.807) is 31.4 Å². The Hall–Kier alpha value is -2.75. The number of hydrogen-bond acceptors (Lipinski definition) is 6. The number of ether oxygens (including phenoxy) is 3. The van der Waals surface area contributed by atoms with Crippen molar-refractivity contribution in [3.8, 4) is 17.2 Å². The lowest BCUT2D eigenvalue weighted by atomic mass is 10.2. The molecule has 8 heteroatoms. The molecule has 3 rings (SSSR count). The van der Waals surface area contributed by atoms with Crippen molar-refractivity contribution in [3.05, 3.63) is 51.3 Å². The van der Waals surface area contributed by atoms with Crippen molar-refractivity contribution in [2.24, 2.45) is 5.10 Å². The number of carbonyl (C=O) groups excluding carboxylic acids is 1. The fourth-order valence-electron chi connectivity index (χ4n) is 2.73. The number of carbonyl (C=O) groups is 1. The van der Waals surface area contributed by atoms with Crippen LogP contribution in [0.2, 0.25) is 0 Å². The van der Waals surface area contributed by atoms with Gasteiger partial charge in [0.25, 0.3) is 0 Å². The standard InChI is InChI=1S/C21H21IN2O5/c1-4-27-15-6-7-17-14(10-15)11-19(29-17)21(25)24-23-12-13-8-16(22)20(26-3)18(9-13)28-5-2/h6-12H,4-5H2,1-3H3,(H,24,25)/b23-12+. The second-order valence-electron chi connectivity index (χ2n) is 5.91. The average molecular weight is 508 g/mol. The van der Waals surface area contributed by atoms with Crippen LogP contribution < -0.4 is 19.6 Å². The van der Waals surface area contributed by atoms with Crippen molar-refractivity contribution in [1.82, 2.24) is 5.43 Å². The van der Waals surface area contributed by atoms with Crippen molar-refractivity contribution < 1.29 is 23.4 Å². The average Bonchev–Trinajstić information content (AvgIpc) is 3.12. The highest BCUT2D eigenvalue weighted by Gasteiger charge is 2.13. The molecular formula is C21H21IN2O5. The van der Waals surface area contributed by atoms with Crippen molar-refractivity contribution >= 4 is 45.7 Å². The number of furan rings is 1. The highest BCUT2D eigenvalue weighted by Crippen LogP contribution is 2.33. The Morgan fingerprint density at radius 1 is 1.17 bits per heavy atom. The van der Waals surface area contributed by atoms with Crippen molar-refractivity contribution in [1.29, 1.82) is 0 Å². The van der Waals surface area contributed by atoms with Crippen LogP contribution in [0.15, 0.2) is 45.9 Å². The largest absolute Gasteiger partial charge is 0.494 e. The fraction of sp³-hybridized carbons (Fsp3) is 0.238. The van der Waals surface area contributed by atoms with Crippen LogP contribution in [0.4, 0.5) is 0 Å². The van der Waals surface area contributed by atoms with Gasteiger partial charge < -0.3 is 18.6 Å². The van der Waals surface area contributed by atoms with Crippen LogP contribution in [-0.2, 0) is 0 Å². The normalized spacial score (nSPS) is 11.0. The van der Waals surface area contributed by atoms with Gasteiger partial charge in [0.2, 0.25) is 0 Å². The van der Waals surface area contributed by atoms with Gasteiger partial charge in [0, 0.05) is 5.39 Å². The third-order valence-corrected chi connectivity index (χ3v) is 4.74. The van der Waals surface area contributed by atoms with Gasteiger partial charge in [-0.25, -0.2) is 5.43 Å². The van der Waals surface area contributed by atoms with E-state index in [0.717, 1.165) is 20.3 Å². The minimum Gasteiger partial charge on any atom is -0.494 e. The SMILES string of the molecule is CCOc1ccc2oc(C(=O)N/N=C/c3cc(I)c(OC)c(OCC)c3)cc2c1. The van der Waals surface area contributed by atoms with Crippen LogP contribution in [0.25, 0.3) is 11.0 Å². The summed E-state index contributed by atoms with van der Waals surface area (Å²) >= 11 is 2.16. The number of amides is 1. The van der Waals surface area contributed by atoms with Gasteiger partial charge in [-0.05, 0) is 78.4 Å². The smallest absolute Gasteiger partial charge is 0.307 e. The highest BCUT2D eigenvalue weighted by atomic mass is 127. The molecule has 29 heavy (non-hydrogen) atoms. The third-order valence-electron chi connectivity index (χ3n) is 3.94. The molecule has 7 nitrogen and oxygen atoms in total. The first-order valence-electron chi connectivity index (χ1n) is 9.05. The molecule has 0 saturated carbocycles. The molecule has 1 heterocycles. The molecule has 1 amide bonds. The number of rotatable bonds is 8. The molecule has 0 aliphatic rings. The van der Waals surface area contributed by atoms with E-state index in [9.17, 15) is 4.79 Å². The number of nitrogens with zero attached hydrogens (tertiary/aromatic N) is 1. The Balaban J connectivity index is 1.73. The summed E-state index contributed by atoms with van der Waals surface area (Å²) in [5, 5.41) is 4.81. The van der Waals surface area contributed by atoms with Gasteiger partial charge in [0.15, 0.2) is 17.3 Å². The number of hydrazone groups is 1. The van der Waals surface area contributed by atoms with Crippen LogP contribution in [0.3, 0.4) is 0 Å². The van der Waals surface area contributed by atoms with Crippen molar-refractivity contribution in [3.63, 3.8) is 0 Å². The lowest BCUT2D eigenvalue weighted by Crippen LogP contribution is -2.16. The summed E-state index contributed by atoms with van der Waals surface area (Å²) < 4.78 is 22.9. The summed E-state index contributed by atoms with van der Waals surface area (Å²) in [4.78, 5) is 12.4. The topological polar surface area (TPSA) is 82.3 Å². The minimum absolute atomic E-state index is 0.171. The molecule has 3 aromatic rings. The van der Waals surface area contributed by atoms with E-state index in [-0.39, 0.29) is 5.76 Å². The molecule has 1 N–H and O–H groups in total. The van der Waals surface area contributed by atoms with Gasteiger partial charge in [-0.1, -0.05) is 0 Å². The summed E-state index contributed by atoms with van der Waals surface area (Å²) in [6.07, 6.45) is 1.54. The maximum atomic E-state index is 12.4. The number of methoxy groups -OCH3 is 1. The number of hydrogen-bond donors (Lipinski definition) is 1. The molecule has 0 bridgehead atoms. The second-order valence-corrected chi connectivity index (χ2v) is 7.07. The molecule has 2 aromatic carbocycles. The van der Waals surface area contributed by atoms with Crippen LogP contribution in [0.1, 0.15) is 30.0 Å². The maximum absolute atomic E-state index is 12.4. The summed E-state index contributed by atoms with van der Waals surface area (Å²) in [5.41, 5.74) is 3.85. The minimum atomic E-state index is -0.441. The first kappa shape index (κ1) is 21.0. The fourth-order valence-corrected chi connectivity index (χ4v) is 3.58. The first-order valence-corrected chi connectivity index (χ1v) is 10.1. The van der Waals surface area contributed by atoms with E-state index in [4.69, 9.17) is 18.6 Å². The highest BCUT2D eigenvalue weighted by molar-refractivity contribution is 14.1. The van der Waals surface area contributed by atoms with E-state index in [1.165, 1.54) is 6.21 Å². The summed E-state index contributed by atoms with van der Waals surface area (Å²) in [7, 11) is 1.60. The molecule has 0 aliphatic heterocycles. The molecule has 1 aromatic heterocycles. The third kappa shape index (κ3) is 5.00. The van der Waals surface area contributed by atoms with Crippen molar-refractivity contribution in [2.45, 2.75) is 13.8 Å². The zero-order chi connectivity index (χ0) is 20.8. The van der Waals surface area contributed by atoms with Gasteiger partial charge in [0.1, 0.15) is 11.3 Å². The first-order chi connectivity index (χ1) is 14.0. The van der Waals surface area contributed by atoms with Crippen LogP contribution in [0, 0.1) is 3.57 Å². The lowest BCUT2D eigenvalue weighted by Gasteiger charge is -2.11. The maximum Gasteiger partial charge on any atom is 0.307 e. The number of halogens is 1. The van der Waals surface area contributed by atoms with Gasteiger partial charge in [-0.15, -0.1) is 0 Å². The molecule has 0 unspecified atom stereocenters. The Morgan fingerprint density at radius 2 is 1.97 bits per heavy atom. The number of nitrogens with one attached hydrogen (secondary N) is 1. The molecule has 0 aliphatic carbocycles. The monoisotopic (exact) mass is 508 g/mol. The van der Waals surface area contributed by atoms with Gasteiger partial charge in [-0.2, -0.15) is 5.10 Å². The molecular weight excluding hydrogens is 487 g/mol. The summed E-state index contributed by atoms with van der Waals surface area (Å²) in [5.74, 6) is 1.75. The molecule has 152 valence electrons. The second kappa shape index (κ2) is 9.64. The van der Waals surface area contributed by atoms with Gasteiger partial charge >= 0.3 is 5.91 Å². The van der Waals surface area contributed by atoms with Crippen LogP contribution >= 0.6 is 22.6 Å². The number of benzene rings is 2. The molecule has 0 fully saturated rings. The Morgan fingerprint density at radius 3 is 2.69 bits per heavy atom. The van der Waals surface area contributed by atoms with E-state index >= 15 is 0 Å². The van der Waals surface area contributed by atoms with E-state index < -0.39 is 5.91 Å². The van der Waals surface area contributed by atoms with Crippen LogP contribution in [-0.4, -0.2) is 32.4 Å². The van der Waals surface area contributed by atoms with Crippen molar-refractivity contribution in [2.75, 3.05) is 20.3 Å². The molecule has 0 saturated heterocycles. The van der Waals surface area contributed by atoms with E-state index in [1.807, 2.05) is 26.0 Å². The lowest BCUT2D eigenvalue weighted by molar-refractivity contribution is 0.0929. The zero-order valence-corrected chi connectivity index (χ0v) is 18.5. The predicted molar refractivity (Wildman–Crippen MR) is 119 cm³/mol. The summed E-state index contributed by atoms with van der Waals surface area (Å²) in [6.45, 7) is 4.90. The Kier molecular flexibility index (Phi) is 6.97. The Labute approximate surface area is 182 Å². The zero-order valence-electron chi connectivity index (χ0n) is 16.3. The molecule has 0 spiro atoms. The van der Waals surface area contributed by atoms with Crippen LogP contribution in [0.5, 0.6) is 17.2 Å². The summed E-state index contributed by atoms with van der Waals surface area (Å²) in [6, 6.07) is 10.7. The van der Waals surface area contributed by atoms with Gasteiger partial charge in [-0.3, -0.25) is 4.79 Å². The van der Waals surface area contributed by atoms with E-state index in [2.05, 4.69) is 33.1 Å². The number of fused-ring (bicyclic) bond motifs is 1. The van der Waals surface area contributed by atoms with E-state index in [0.29, 0.717) is 30.3 Å². The molecule has 0 radical (unpaired) electrons. The predicted octanol–water partition coefficient (Wildman–Crippen LogP) is 4.61.